The molecule has 0 bridgehead atoms. The maximum atomic E-state index is 12.1. The molecule has 0 saturated carbocycles. The lowest BCUT2D eigenvalue weighted by molar-refractivity contribution is -0.129. The number of cyclic esters (lactones) is 1. The quantitative estimate of drug-likeness (QED) is 0.574. The summed E-state index contributed by atoms with van der Waals surface area (Å²) in [5.41, 5.74) is 1.66. The molecule has 134 valence electrons. The fourth-order valence-electron chi connectivity index (χ4n) is 2.41. The van der Waals surface area contributed by atoms with Crippen molar-refractivity contribution < 1.29 is 19.0 Å². The fraction of sp³-hybridized carbons (Fsp3) is 0.200. The van der Waals surface area contributed by atoms with E-state index >= 15 is 0 Å². The summed E-state index contributed by atoms with van der Waals surface area (Å²) in [6.07, 6.45) is 1.68. The van der Waals surface area contributed by atoms with Gasteiger partial charge in [0.1, 0.15) is 0 Å². The second-order valence-electron chi connectivity index (χ2n) is 5.92. The number of methoxy groups -OCH3 is 1. The van der Waals surface area contributed by atoms with Gasteiger partial charge in [0.05, 0.1) is 13.2 Å². The highest BCUT2D eigenvalue weighted by Crippen LogP contribution is 2.30. The first-order valence-corrected chi connectivity index (χ1v) is 8.47. The molecule has 0 aromatic heterocycles. The van der Waals surface area contributed by atoms with E-state index in [9.17, 15) is 4.79 Å². The number of carbonyl (C=O) groups excluding carboxylic acids is 1. The third kappa shape index (κ3) is 4.06. The molecule has 2 aromatic rings. The lowest BCUT2D eigenvalue weighted by atomic mass is 10.1. The van der Waals surface area contributed by atoms with Crippen LogP contribution in [0.1, 0.15) is 25.0 Å². The van der Waals surface area contributed by atoms with Gasteiger partial charge in [-0.25, -0.2) is 9.79 Å². The van der Waals surface area contributed by atoms with Crippen LogP contribution >= 0.6 is 11.6 Å². The van der Waals surface area contributed by atoms with Gasteiger partial charge in [-0.2, -0.15) is 0 Å². The molecule has 0 radical (unpaired) electrons. The first kappa shape index (κ1) is 18.0. The number of nitrogens with zero attached hydrogens (tertiary/aromatic N) is 1. The van der Waals surface area contributed by atoms with Crippen LogP contribution in [0.3, 0.4) is 0 Å². The highest BCUT2D eigenvalue weighted by Gasteiger charge is 2.24. The highest BCUT2D eigenvalue weighted by atomic mass is 35.5. The maximum Gasteiger partial charge on any atom is 0.363 e. The van der Waals surface area contributed by atoms with Gasteiger partial charge in [-0.1, -0.05) is 17.7 Å². The van der Waals surface area contributed by atoms with Crippen molar-refractivity contribution in [1.82, 2.24) is 0 Å². The van der Waals surface area contributed by atoms with Crippen molar-refractivity contribution in [2.45, 2.75) is 20.0 Å². The molecular formula is C20H18ClNO4. The van der Waals surface area contributed by atoms with Crippen molar-refractivity contribution in [2.75, 3.05) is 7.11 Å². The number of esters is 1. The molecule has 5 nitrogen and oxygen atoms in total. The minimum atomic E-state index is -0.503. The van der Waals surface area contributed by atoms with E-state index in [4.69, 9.17) is 25.8 Å². The second-order valence-corrected chi connectivity index (χ2v) is 6.36. The number of rotatable bonds is 5. The molecule has 0 spiro atoms. The van der Waals surface area contributed by atoms with Crippen LogP contribution in [-0.2, 0) is 9.53 Å². The minimum Gasteiger partial charge on any atom is -0.493 e. The Morgan fingerprint density at radius 1 is 1.12 bits per heavy atom. The summed E-state index contributed by atoms with van der Waals surface area (Å²) in [6, 6.07) is 12.3. The third-order valence-electron chi connectivity index (χ3n) is 3.57. The van der Waals surface area contributed by atoms with Crippen molar-refractivity contribution in [3.8, 4) is 11.5 Å². The number of halogens is 1. The van der Waals surface area contributed by atoms with Gasteiger partial charge in [-0.15, -0.1) is 0 Å². The number of hydrogen-bond donors (Lipinski definition) is 0. The number of carbonyl (C=O) groups is 1. The van der Waals surface area contributed by atoms with Gasteiger partial charge in [0.15, 0.2) is 17.2 Å². The van der Waals surface area contributed by atoms with Crippen LogP contribution < -0.4 is 9.47 Å². The minimum absolute atomic E-state index is 0.0319. The average molecular weight is 372 g/mol. The van der Waals surface area contributed by atoms with Crippen molar-refractivity contribution in [3.63, 3.8) is 0 Å². The van der Waals surface area contributed by atoms with Crippen molar-refractivity contribution in [3.05, 3.63) is 64.3 Å². The normalized spacial score (nSPS) is 15.2. The average Bonchev–Trinajstić information content (AvgIpc) is 2.97. The summed E-state index contributed by atoms with van der Waals surface area (Å²) in [6.45, 7) is 3.88. The maximum absolute atomic E-state index is 12.1. The van der Waals surface area contributed by atoms with Crippen molar-refractivity contribution in [1.29, 1.82) is 0 Å². The van der Waals surface area contributed by atoms with Gasteiger partial charge in [-0.05, 0) is 61.9 Å². The van der Waals surface area contributed by atoms with E-state index in [0.717, 1.165) is 5.56 Å². The molecular weight excluding hydrogens is 354 g/mol. The number of aliphatic imine (C=N–C) groups is 1. The summed E-state index contributed by atoms with van der Waals surface area (Å²) >= 11 is 5.87. The van der Waals surface area contributed by atoms with Gasteiger partial charge in [0.2, 0.25) is 5.90 Å². The van der Waals surface area contributed by atoms with Crippen LogP contribution in [-0.4, -0.2) is 25.1 Å². The zero-order valence-electron chi connectivity index (χ0n) is 14.7. The van der Waals surface area contributed by atoms with Crippen LogP contribution in [0.4, 0.5) is 0 Å². The van der Waals surface area contributed by atoms with E-state index in [1.54, 1.807) is 49.6 Å². The predicted octanol–water partition coefficient (Wildman–Crippen LogP) is 4.48. The number of ether oxygens (including phenoxy) is 3. The molecule has 1 heterocycles. The molecule has 2 aromatic carbocycles. The Labute approximate surface area is 156 Å². The largest absolute Gasteiger partial charge is 0.493 e. The Kier molecular flexibility index (Phi) is 5.28. The summed E-state index contributed by atoms with van der Waals surface area (Å²) in [5.74, 6) is 0.978. The smallest absolute Gasteiger partial charge is 0.363 e. The molecule has 0 saturated heterocycles. The molecule has 6 heteroatoms. The number of benzene rings is 2. The number of hydrogen-bond acceptors (Lipinski definition) is 5. The topological polar surface area (TPSA) is 57.1 Å². The van der Waals surface area contributed by atoms with Gasteiger partial charge >= 0.3 is 5.97 Å². The van der Waals surface area contributed by atoms with E-state index in [1.165, 1.54) is 0 Å². The van der Waals surface area contributed by atoms with Gasteiger partial charge in [-0.3, -0.25) is 0 Å². The standard InChI is InChI=1S/C20H18ClNO4/c1-12(2)25-17-9-4-13(11-18(17)24-3)10-16-20(23)26-19(22-16)14-5-7-15(21)8-6-14/h4-12H,1-3H3. The van der Waals surface area contributed by atoms with Crippen molar-refractivity contribution >= 4 is 29.5 Å². The first-order chi connectivity index (χ1) is 12.5. The monoisotopic (exact) mass is 371 g/mol. The predicted molar refractivity (Wildman–Crippen MR) is 101 cm³/mol. The van der Waals surface area contributed by atoms with E-state index in [0.29, 0.717) is 22.1 Å². The molecule has 0 unspecified atom stereocenters. The molecule has 3 rings (SSSR count). The van der Waals surface area contributed by atoms with Gasteiger partial charge < -0.3 is 14.2 Å². The zero-order valence-corrected chi connectivity index (χ0v) is 15.4. The molecule has 0 fully saturated rings. The van der Waals surface area contributed by atoms with Gasteiger partial charge in [0, 0.05) is 10.6 Å². The molecule has 0 atom stereocenters. The molecule has 26 heavy (non-hydrogen) atoms. The fourth-order valence-corrected chi connectivity index (χ4v) is 2.53. The Hall–Kier alpha value is -2.79. The molecule has 0 N–H and O–H groups in total. The molecule has 0 aliphatic carbocycles. The lowest BCUT2D eigenvalue weighted by Crippen LogP contribution is -2.06. The molecule has 1 aliphatic heterocycles. The second kappa shape index (κ2) is 7.62. The summed E-state index contributed by atoms with van der Waals surface area (Å²) in [5, 5.41) is 0.602. The summed E-state index contributed by atoms with van der Waals surface area (Å²) in [4.78, 5) is 16.4. The molecule has 0 amide bonds. The highest BCUT2D eigenvalue weighted by molar-refractivity contribution is 6.30. The van der Waals surface area contributed by atoms with Crippen LogP contribution in [0.25, 0.3) is 6.08 Å². The Morgan fingerprint density at radius 3 is 2.50 bits per heavy atom. The van der Waals surface area contributed by atoms with Crippen LogP contribution in [0.5, 0.6) is 11.5 Å². The van der Waals surface area contributed by atoms with E-state index in [2.05, 4.69) is 4.99 Å². The Balaban J connectivity index is 1.89. The lowest BCUT2D eigenvalue weighted by Gasteiger charge is -2.13. The SMILES string of the molecule is COc1cc(C=C2N=C(c3ccc(Cl)cc3)OC2=O)ccc1OC(C)C. The Morgan fingerprint density at radius 2 is 1.85 bits per heavy atom. The van der Waals surface area contributed by atoms with Gasteiger partial charge in [0.25, 0.3) is 0 Å². The summed E-state index contributed by atoms with van der Waals surface area (Å²) in [7, 11) is 1.57. The van der Waals surface area contributed by atoms with E-state index in [-0.39, 0.29) is 17.7 Å². The summed E-state index contributed by atoms with van der Waals surface area (Å²) < 4.78 is 16.3. The Bertz CT molecular complexity index is 885. The first-order valence-electron chi connectivity index (χ1n) is 8.09. The zero-order chi connectivity index (χ0) is 18.7. The van der Waals surface area contributed by atoms with Crippen LogP contribution in [0.2, 0.25) is 5.02 Å². The third-order valence-corrected chi connectivity index (χ3v) is 3.82. The van der Waals surface area contributed by atoms with Crippen molar-refractivity contribution in [2.24, 2.45) is 4.99 Å². The van der Waals surface area contributed by atoms with Crippen LogP contribution in [0.15, 0.2) is 53.2 Å². The van der Waals surface area contributed by atoms with E-state index in [1.807, 2.05) is 19.9 Å². The molecule has 1 aliphatic rings. The van der Waals surface area contributed by atoms with E-state index < -0.39 is 5.97 Å². The van der Waals surface area contributed by atoms with Crippen LogP contribution in [0, 0.1) is 0 Å².